The molecule has 0 atom stereocenters. The van der Waals surface area contributed by atoms with Crippen LogP contribution in [-0.2, 0) is 19.6 Å². The first-order chi connectivity index (χ1) is 12.4. The van der Waals surface area contributed by atoms with Crippen LogP contribution in [0.1, 0.15) is 24.2 Å². The Labute approximate surface area is 154 Å². The Hall–Kier alpha value is -1.97. The van der Waals surface area contributed by atoms with Crippen molar-refractivity contribution >= 4 is 21.8 Å². The van der Waals surface area contributed by atoms with E-state index in [1.807, 2.05) is 13.8 Å². The smallest absolute Gasteiger partial charge is 0.251 e. The molecule has 0 unspecified atom stereocenters. The zero-order valence-corrected chi connectivity index (χ0v) is 15.9. The number of carbonyl (C=O) groups is 2. The van der Waals surface area contributed by atoms with Gasteiger partial charge < -0.3 is 15.0 Å². The lowest BCUT2D eigenvalue weighted by atomic mass is 10.2. The third-order valence-corrected chi connectivity index (χ3v) is 6.15. The average Bonchev–Trinajstić information content (AvgIpc) is 2.68. The van der Waals surface area contributed by atoms with E-state index in [0.717, 1.165) is 0 Å². The summed E-state index contributed by atoms with van der Waals surface area (Å²) in [4.78, 5) is 25.8. The molecule has 0 aliphatic carbocycles. The molecule has 1 aromatic carbocycles. The van der Waals surface area contributed by atoms with Gasteiger partial charge in [-0.2, -0.15) is 4.31 Å². The second kappa shape index (κ2) is 9.11. The predicted molar refractivity (Wildman–Crippen MR) is 96.3 cm³/mol. The quantitative estimate of drug-likeness (QED) is 0.731. The Balaban J connectivity index is 2.00. The molecule has 0 spiro atoms. The number of nitrogens with zero attached hydrogens (tertiary/aromatic N) is 2. The fourth-order valence-corrected chi connectivity index (χ4v) is 4.07. The molecule has 1 aromatic rings. The predicted octanol–water partition coefficient (Wildman–Crippen LogP) is 0.306. The summed E-state index contributed by atoms with van der Waals surface area (Å²) >= 11 is 0. The van der Waals surface area contributed by atoms with Crippen LogP contribution in [0, 0.1) is 0 Å². The molecule has 8 nitrogen and oxygen atoms in total. The van der Waals surface area contributed by atoms with E-state index >= 15 is 0 Å². The first kappa shape index (κ1) is 20.3. The van der Waals surface area contributed by atoms with Gasteiger partial charge in [0.25, 0.3) is 5.91 Å². The summed E-state index contributed by atoms with van der Waals surface area (Å²) in [5.74, 6) is -0.573. The number of amides is 2. The molecule has 0 saturated carbocycles. The van der Waals surface area contributed by atoms with E-state index in [-0.39, 0.29) is 17.3 Å². The molecule has 0 bridgehead atoms. The maximum Gasteiger partial charge on any atom is 0.251 e. The van der Waals surface area contributed by atoms with Crippen molar-refractivity contribution in [3.8, 4) is 0 Å². The first-order valence-corrected chi connectivity index (χ1v) is 10.1. The van der Waals surface area contributed by atoms with Crippen molar-refractivity contribution in [2.75, 3.05) is 45.9 Å². The number of hydrogen-bond acceptors (Lipinski definition) is 5. The van der Waals surface area contributed by atoms with Crippen molar-refractivity contribution < 1.29 is 22.7 Å². The van der Waals surface area contributed by atoms with E-state index in [2.05, 4.69) is 5.32 Å². The monoisotopic (exact) mass is 383 g/mol. The van der Waals surface area contributed by atoms with Crippen molar-refractivity contribution in [1.29, 1.82) is 0 Å². The van der Waals surface area contributed by atoms with Crippen LogP contribution in [0.25, 0.3) is 0 Å². The zero-order valence-electron chi connectivity index (χ0n) is 15.1. The molecule has 1 aliphatic rings. The standard InChI is InChI=1S/C17H25N3O5S/c1-3-19(4-2)16(21)13-18-17(22)14-5-7-15(8-6-14)26(23,24)20-9-11-25-12-10-20/h5-8H,3-4,9-13H2,1-2H3,(H,18,22). The van der Waals surface area contributed by atoms with Crippen molar-refractivity contribution in [2.24, 2.45) is 0 Å². The van der Waals surface area contributed by atoms with Gasteiger partial charge in [-0.3, -0.25) is 9.59 Å². The Morgan fingerprint density at radius 1 is 1.12 bits per heavy atom. The van der Waals surface area contributed by atoms with Gasteiger partial charge in [0, 0.05) is 31.7 Å². The summed E-state index contributed by atoms with van der Waals surface area (Å²) in [7, 11) is -3.59. The van der Waals surface area contributed by atoms with Crippen molar-refractivity contribution in [1.82, 2.24) is 14.5 Å². The van der Waals surface area contributed by atoms with Gasteiger partial charge in [-0.25, -0.2) is 8.42 Å². The van der Waals surface area contributed by atoms with Gasteiger partial charge in [0.1, 0.15) is 0 Å². The molecule has 0 radical (unpaired) electrons. The number of morpholine rings is 1. The van der Waals surface area contributed by atoms with Crippen LogP contribution in [0.2, 0.25) is 0 Å². The van der Waals surface area contributed by atoms with E-state index in [9.17, 15) is 18.0 Å². The van der Waals surface area contributed by atoms with Crippen LogP contribution in [-0.4, -0.2) is 75.4 Å². The third kappa shape index (κ3) is 4.80. The molecule has 1 heterocycles. The lowest BCUT2D eigenvalue weighted by Crippen LogP contribution is -2.40. The number of ether oxygens (including phenoxy) is 1. The van der Waals surface area contributed by atoms with E-state index in [1.165, 1.54) is 28.6 Å². The van der Waals surface area contributed by atoms with Crippen LogP contribution in [0.4, 0.5) is 0 Å². The highest BCUT2D eigenvalue weighted by Gasteiger charge is 2.26. The molecule has 26 heavy (non-hydrogen) atoms. The highest BCUT2D eigenvalue weighted by atomic mass is 32.2. The number of carbonyl (C=O) groups excluding carboxylic acids is 2. The van der Waals surface area contributed by atoms with Crippen molar-refractivity contribution in [3.63, 3.8) is 0 Å². The molecule has 2 rings (SSSR count). The minimum absolute atomic E-state index is 0.0889. The molecular formula is C17H25N3O5S. The fourth-order valence-electron chi connectivity index (χ4n) is 2.66. The fraction of sp³-hybridized carbons (Fsp3) is 0.529. The van der Waals surface area contributed by atoms with Gasteiger partial charge in [0.05, 0.1) is 24.7 Å². The number of benzene rings is 1. The molecule has 2 amide bonds. The van der Waals surface area contributed by atoms with Crippen molar-refractivity contribution in [2.45, 2.75) is 18.7 Å². The number of hydrogen-bond donors (Lipinski definition) is 1. The summed E-state index contributed by atoms with van der Waals surface area (Å²) in [6.07, 6.45) is 0. The molecule has 1 saturated heterocycles. The zero-order chi connectivity index (χ0) is 19.2. The summed E-state index contributed by atoms with van der Waals surface area (Å²) in [5.41, 5.74) is 0.304. The van der Waals surface area contributed by atoms with Gasteiger partial charge in [0.15, 0.2) is 0 Å². The van der Waals surface area contributed by atoms with Gasteiger partial charge in [0.2, 0.25) is 15.9 Å². The maximum atomic E-state index is 12.5. The van der Waals surface area contributed by atoms with Gasteiger partial charge in [-0.05, 0) is 38.1 Å². The number of sulfonamides is 1. The molecule has 144 valence electrons. The first-order valence-electron chi connectivity index (χ1n) is 8.64. The Kier molecular flexibility index (Phi) is 7.13. The molecule has 1 fully saturated rings. The molecule has 1 aliphatic heterocycles. The summed E-state index contributed by atoms with van der Waals surface area (Å²) in [5, 5.41) is 2.56. The topological polar surface area (TPSA) is 96.0 Å². The van der Waals surface area contributed by atoms with E-state index < -0.39 is 15.9 Å². The summed E-state index contributed by atoms with van der Waals surface area (Å²) < 4.78 is 31.6. The Morgan fingerprint density at radius 2 is 1.69 bits per heavy atom. The molecular weight excluding hydrogens is 358 g/mol. The molecule has 9 heteroatoms. The van der Waals surface area contributed by atoms with Crippen LogP contribution < -0.4 is 5.32 Å². The SMILES string of the molecule is CCN(CC)C(=O)CNC(=O)c1ccc(S(=O)(=O)N2CCOCC2)cc1. The third-order valence-electron chi connectivity index (χ3n) is 4.24. The number of likely N-dealkylation sites (N-methyl/N-ethyl adjacent to an activating group) is 1. The minimum atomic E-state index is -3.59. The van der Waals surface area contributed by atoms with Crippen LogP contribution >= 0.6 is 0 Å². The lowest BCUT2D eigenvalue weighted by molar-refractivity contribution is -0.129. The highest BCUT2D eigenvalue weighted by Crippen LogP contribution is 2.17. The highest BCUT2D eigenvalue weighted by molar-refractivity contribution is 7.89. The minimum Gasteiger partial charge on any atom is -0.379 e. The van der Waals surface area contributed by atoms with Gasteiger partial charge in [-0.1, -0.05) is 0 Å². The number of rotatable bonds is 7. The van der Waals surface area contributed by atoms with E-state index in [0.29, 0.717) is 45.0 Å². The molecule has 0 aromatic heterocycles. The Morgan fingerprint density at radius 3 is 2.23 bits per heavy atom. The van der Waals surface area contributed by atoms with Crippen molar-refractivity contribution in [3.05, 3.63) is 29.8 Å². The normalized spacial score (nSPS) is 15.5. The Bertz CT molecular complexity index is 723. The second-order valence-corrected chi connectivity index (χ2v) is 7.73. The van der Waals surface area contributed by atoms with E-state index in [1.54, 1.807) is 4.90 Å². The second-order valence-electron chi connectivity index (χ2n) is 5.79. The molecule has 1 N–H and O–H groups in total. The van der Waals surface area contributed by atoms with Crippen LogP contribution in [0.3, 0.4) is 0 Å². The maximum absolute atomic E-state index is 12.5. The van der Waals surface area contributed by atoms with E-state index in [4.69, 9.17) is 4.74 Å². The number of nitrogens with one attached hydrogen (secondary N) is 1. The summed E-state index contributed by atoms with van der Waals surface area (Å²) in [6.45, 7) is 6.21. The van der Waals surface area contributed by atoms with Gasteiger partial charge in [-0.15, -0.1) is 0 Å². The largest absolute Gasteiger partial charge is 0.379 e. The summed E-state index contributed by atoms with van der Waals surface area (Å²) in [6, 6.07) is 5.72. The lowest BCUT2D eigenvalue weighted by Gasteiger charge is -2.26. The van der Waals surface area contributed by atoms with Gasteiger partial charge >= 0.3 is 0 Å². The van der Waals surface area contributed by atoms with Crippen LogP contribution in [0.5, 0.6) is 0 Å². The van der Waals surface area contributed by atoms with Crippen LogP contribution in [0.15, 0.2) is 29.2 Å². The average molecular weight is 383 g/mol.